The van der Waals surface area contributed by atoms with Gasteiger partial charge in [-0.05, 0) is 62.1 Å². The summed E-state index contributed by atoms with van der Waals surface area (Å²) in [6.07, 6.45) is 11.2. The first-order valence-electron chi connectivity index (χ1n) is 11.0. The third kappa shape index (κ3) is 4.81. The Labute approximate surface area is 174 Å². The van der Waals surface area contributed by atoms with Gasteiger partial charge in [-0.3, -0.25) is 4.79 Å². The van der Waals surface area contributed by atoms with Crippen LogP contribution in [0.4, 0.5) is 0 Å². The zero-order valence-electron chi connectivity index (χ0n) is 19.5. The van der Waals surface area contributed by atoms with Crippen molar-refractivity contribution in [2.75, 3.05) is 6.61 Å². The molecule has 0 aromatic carbocycles. The molecule has 0 aromatic heterocycles. The number of ether oxygens (including phenoxy) is 1. The Kier molecular flexibility index (Phi) is 7.08. The van der Waals surface area contributed by atoms with Gasteiger partial charge in [-0.2, -0.15) is 0 Å². The summed E-state index contributed by atoms with van der Waals surface area (Å²) in [4.78, 5) is 12.9. The highest BCUT2D eigenvalue weighted by atomic mass is 28.4. The van der Waals surface area contributed by atoms with Gasteiger partial charge in [0.05, 0.1) is 18.6 Å². The molecule has 0 heterocycles. The average Bonchev–Trinajstić information content (AvgIpc) is 2.54. The van der Waals surface area contributed by atoms with Crippen LogP contribution >= 0.6 is 0 Å². The normalized spacial score (nSPS) is 36.4. The van der Waals surface area contributed by atoms with Crippen molar-refractivity contribution in [1.82, 2.24) is 0 Å². The van der Waals surface area contributed by atoms with Crippen LogP contribution in [0.25, 0.3) is 0 Å². The van der Waals surface area contributed by atoms with Gasteiger partial charge >= 0.3 is 5.97 Å². The number of fused-ring (bicyclic) bond motifs is 1. The predicted octanol–water partition coefficient (Wildman–Crippen LogP) is 6.37. The first kappa shape index (κ1) is 23.4. The Bertz CT molecular complexity index is 616. The minimum absolute atomic E-state index is 0.0483. The third-order valence-electron chi connectivity index (χ3n) is 7.32. The fourth-order valence-electron chi connectivity index (χ4n) is 4.94. The smallest absolute Gasteiger partial charge is 0.309 e. The van der Waals surface area contributed by atoms with Crippen LogP contribution < -0.4 is 0 Å². The molecule has 0 N–H and O–H groups in total. The van der Waals surface area contributed by atoms with E-state index in [0.717, 1.165) is 12.8 Å². The molecule has 3 nitrogen and oxygen atoms in total. The lowest BCUT2D eigenvalue weighted by Crippen LogP contribution is -2.54. The molecule has 0 amide bonds. The number of rotatable bonds is 5. The van der Waals surface area contributed by atoms with E-state index >= 15 is 0 Å². The predicted molar refractivity (Wildman–Crippen MR) is 120 cm³/mol. The largest absolute Gasteiger partial charge is 0.466 e. The molecule has 2 aliphatic rings. The van der Waals surface area contributed by atoms with Gasteiger partial charge in [0.15, 0.2) is 8.32 Å². The van der Waals surface area contributed by atoms with Crippen LogP contribution in [0, 0.1) is 29.1 Å². The molecule has 28 heavy (non-hydrogen) atoms. The van der Waals surface area contributed by atoms with Crippen molar-refractivity contribution in [2.24, 2.45) is 29.1 Å². The van der Waals surface area contributed by atoms with Gasteiger partial charge < -0.3 is 9.16 Å². The highest BCUT2D eigenvalue weighted by molar-refractivity contribution is 6.74. The Morgan fingerprint density at radius 3 is 2.43 bits per heavy atom. The number of carbonyl (C=O) groups excluding carboxylic acids is 1. The second-order valence-electron chi connectivity index (χ2n) is 10.7. The van der Waals surface area contributed by atoms with Crippen molar-refractivity contribution < 1.29 is 14.0 Å². The molecule has 1 fully saturated rings. The van der Waals surface area contributed by atoms with Crippen LogP contribution in [-0.4, -0.2) is 27.0 Å². The van der Waals surface area contributed by atoms with Gasteiger partial charge in [0.1, 0.15) is 0 Å². The topological polar surface area (TPSA) is 35.5 Å². The first-order valence-corrected chi connectivity index (χ1v) is 13.9. The molecular weight excluding hydrogens is 364 g/mol. The van der Waals surface area contributed by atoms with Gasteiger partial charge in [0.25, 0.3) is 0 Å². The van der Waals surface area contributed by atoms with E-state index in [1.165, 1.54) is 0 Å². The summed E-state index contributed by atoms with van der Waals surface area (Å²) in [6, 6.07) is 0. The van der Waals surface area contributed by atoms with Crippen LogP contribution in [0.1, 0.15) is 61.3 Å². The average molecular weight is 407 g/mol. The standard InChI is InChI=1S/C24H42O3Si/c1-10-14-24(7)15-18-13-12-17(3)20(22(25)26-11-2)21(18)19(16-24)27-28(8,9)23(4,5)6/h10,12-14,17-21H,11,15-16H2,1-9H3/b14-10+/t17-,18-,19-,20-,21+,24-/m0/s1. The van der Waals surface area contributed by atoms with E-state index in [9.17, 15) is 4.79 Å². The molecule has 0 saturated heterocycles. The molecule has 160 valence electrons. The van der Waals surface area contributed by atoms with Gasteiger partial charge in [-0.1, -0.05) is 58.9 Å². The maximum absolute atomic E-state index is 12.9. The van der Waals surface area contributed by atoms with E-state index in [2.05, 4.69) is 78.9 Å². The molecule has 2 aliphatic carbocycles. The summed E-state index contributed by atoms with van der Waals surface area (Å²) in [7, 11) is -1.96. The quantitative estimate of drug-likeness (QED) is 0.302. The minimum atomic E-state index is -1.96. The lowest BCUT2D eigenvalue weighted by atomic mass is 9.57. The number of hydrogen-bond donors (Lipinski definition) is 0. The maximum atomic E-state index is 12.9. The van der Waals surface area contributed by atoms with Crippen LogP contribution in [0.3, 0.4) is 0 Å². The SMILES string of the molecule is C/C=C/[C@]1(C)C[C@H](O[Si](C)(C)C(C)(C)C)[C@@H]2[C@@H](C(=O)OCC)[C@@H](C)C=C[C@H]2C1. The summed E-state index contributed by atoms with van der Waals surface area (Å²) >= 11 is 0. The summed E-state index contributed by atoms with van der Waals surface area (Å²) in [5.41, 5.74) is 0.104. The van der Waals surface area contributed by atoms with Crippen molar-refractivity contribution in [2.45, 2.75) is 85.5 Å². The van der Waals surface area contributed by atoms with Gasteiger partial charge in [0, 0.05) is 5.92 Å². The number of carbonyl (C=O) groups is 1. The Balaban J connectivity index is 2.46. The fourth-order valence-corrected chi connectivity index (χ4v) is 6.29. The van der Waals surface area contributed by atoms with Gasteiger partial charge in [-0.25, -0.2) is 0 Å². The van der Waals surface area contributed by atoms with Crippen molar-refractivity contribution >= 4 is 14.3 Å². The Hall–Kier alpha value is -0.873. The lowest BCUT2D eigenvalue weighted by molar-refractivity contribution is -0.157. The second kappa shape index (κ2) is 8.47. The summed E-state index contributed by atoms with van der Waals surface area (Å²) in [5.74, 6) is 0.589. The summed E-state index contributed by atoms with van der Waals surface area (Å²) < 4.78 is 12.5. The van der Waals surface area contributed by atoms with Gasteiger partial charge in [0.2, 0.25) is 0 Å². The molecule has 1 saturated carbocycles. The fraction of sp³-hybridized carbons (Fsp3) is 0.792. The maximum Gasteiger partial charge on any atom is 0.309 e. The molecule has 6 atom stereocenters. The van der Waals surface area contributed by atoms with E-state index in [-0.39, 0.29) is 40.3 Å². The van der Waals surface area contributed by atoms with Crippen LogP contribution in [0.2, 0.25) is 18.1 Å². The zero-order chi connectivity index (χ0) is 21.3. The monoisotopic (exact) mass is 406 g/mol. The van der Waals surface area contributed by atoms with Gasteiger partial charge in [-0.15, -0.1) is 0 Å². The summed E-state index contributed by atoms with van der Waals surface area (Å²) in [5, 5.41) is 0.145. The highest BCUT2D eigenvalue weighted by Crippen LogP contribution is 2.53. The van der Waals surface area contributed by atoms with E-state index in [4.69, 9.17) is 9.16 Å². The molecule has 0 unspecified atom stereocenters. The third-order valence-corrected chi connectivity index (χ3v) is 11.8. The Morgan fingerprint density at radius 2 is 1.89 bits per heavy atom. The minimum Gasteiger partial charge on any atom is -0.466 e. The van der Waals surface area contributed by atoms with E-state index in [1.807, 2.05) is 6.92 Å². The van der Waals surface area contributed by atoms with Crippen molar-refractivity contribution in [1.29, 1.82) is 0 Å². The highest BCUT2D eigenvalue weighted by Gasteiger charge is 2.53. The van der Waals surface area contributed by atoms with E-state index in [0.29, 0.717) is 12.5 Å². The number of esters is 1. The van der Waals surface area contributed by atoms with E-state index in [1.54, 1.807) is 0 Å². The molecular formula is C24H42O3Si. The number of hydrogen-bond acceptors (Lipinski definition) is 3. The van der Waals surface area contributed by atoms with Crippen molar-refractivity contribution in [3.8, 4) is 0 Å². The molecule has 4 heteroatoms. The van der Waals surface area contributed by atoms with Crippen LogP contribution in [-0.2, 0) is 14.0 Å². The van der Waals surface area contributed by atoms with E-state index < -0.39 is 8.32 Å². The molecule has 0 radical (unpaired) electrons. The van der Waals surface area contributed by atoms with Crippen LogP contribution in [0.15, 0.2) is 24.3 Å². The molecule has 0 aliphatic heterocycles. The molecule has 2 rings (SSSR count). The zero-order valence-corrected chi connectivity index (χ0v) is 20.5. The van der Waals surface area contributed by atoms with Crippen molar-refractivity contribution in [3.63, 3.8) is 0 Å². The number of allylic oxidation sites excluding steroid dienone is 4. The molecule has 0 aromatic rings. The first-order chi connectivity index (χ1) is 12.8. The lowest BCUT2D eigenvalue weighted by Gasteiger charge is -2.53. The van der Waals surface area contributed by atoms with Crippen molar-refractivity contribution in [3.05, 3.63) is 24.3 Å². The van der Waals surface area contributed by atoms with Crippen LogP contribution in [0.5, 0.6) is 0 Å². The molecule has 0 spiro atoms. The molecule has 0 bridgehead atoms. The summed E-state index contributed by atoms with van der Waals surface area (Å²) in [6.45, 7) is 20.4. The second-order valence-corrected chi connectivity index (χ2v) is 15.5. The Morgan fingerprint density at radius 1 is 1.25 bits per heavy atom.